The van der Waals surface area contributed by atoms with E-state index in [1.165, 1.54) is 4.90 Å². The Bertz CT molecular complexity index is 1350. The number of carbonyl (C=O) groups excluding carboxylic acids is 2. The summed E-state index contributed by atoms with van der Waals surface area (Å²) in [4.78, 5) is 29.0. The minimum absolute atomic E-state index is 0.165. The van der Waals surface area contributed by atoms with E-state index < -0.39 is 28.5 Å². The van der Waals surface area contributed by atoms with Gasteiger partial charge in [-0.15, -0.1) is 0 Å². The number of rotatable bonds is 12. The van der Waals surface area contributed by atoms with Crippen LogP contribution in [-0.2, 0) is 32.6 Å². The summed E-state index contributed by atoms with van der Waals surface area (Å²) >= 11 is 3.38. The number of hydrogen-bond acceptors (Lipinski definition) is 4. The van der Waals surface area contributed by atoms with Crippen molar-refractivity contribution in [3.8, 4) is 0 Å². The zero-order chi connectivity index (χ0) is 27.7. The van der Waals surface area contributed by atoms with Gasteiger partial charge < -0.3 is 10.2 Å². The molecule has 9 heteroatoms. The molecule has 0 fully saturated rings. The number of anilines is 1. The lowest BCUT2D eigenvalue weighted by Crippen LogP contribution is -2.53. The molecular formula is C29H34BrN3O4S. The van der Waals surface area contributed by atoms with E-state index in [2.05, 4.69) is 21.2 Å². The van der Waals surface area contributed by atoms with Crippen molar-refractivity contribution >= 4 is 43.5 Å². The summed E-state index contributed by atoms with van der Waals surface area (Å²) in [5.41, 5.74) is 3.13. The molecule has 0 saturated carbocycles. The number of nitrogens with one attached hydrogen (secondary N) is 1. The van der Waals surface area contributed by atoms with Gasteiger partial charge in [0.15, 0.2) is 0 Å². The normalized spacial score (nSPS) is 12.0. The fourth-order valence-electron chi connectivity index (χ4n) is 4.14. The molecule has 0 bridgehead atoms. The highest BCUT2D eigenvalue weighted by molar-refractivity contribution is 9.10. The molecule has 0 unspecified atom stereocenters. The van der Waals surface area contributed by atoms with Crippen molar-refractivity contribution in [1.29, 1.82) is 0 Å². The van der Waals surface area contributed by atoms with E-state index in [4.69, 9.17) is 0 Å². The van der Waals surface area contributed by atoms with Crippen LogP contribution < -0.4 is 9.62 Å². The first-order valence-corrected chi connectivity index (χ1v) is 15.1. The summed E-state index contributed by atoms with van der Waals surface area (Å²) in [5, 5.41) is 2.94. The fourth-order valence-corrected chi connectivity index (χ4v) is 5.36. The summed E-state index contributed by atoms with van der Waals surface area (Å²) in [6.45, 7) is 4.12. The van der Waals surface area contributed by atoms with Crippen molar-refractivity contribution in [1.82, 2.24) is 10.2 Å². The maximum Gasteiger partial charge on any atom is 0.244 e. The molecule has 3 aromatic carbocycles. The first kappa shape index (κ1) is 29.4. The molecule has 0 aliphatic carbocycles. The number of halogens is 1. The molecule has 0 radical (unpaired) electrons. The Morgan fingerprint density at radius 3 is 2.29 bits per heavy atom. The molecule has 38 heavy (non-hydrogen) atoms. The molecule has 0 saturated heterocycles. The van der Waals surface area contributed by atoms with E-state index in [1.807, 2.05) is 68.4 Å². The Morgan fingerprint density at radius 2 is 1.66 bits per heavy atom. The molecular weight excluding hydrogens is 566 g/mol. The van der Waals surface area contributed by atoms with E-state index in [1.54, 1.807) is 24.3 Å². The van der Waals surface area contributed by atoms with Gasteiger partial charge in [0, 0.05) is 24.0 Å². The van der Waals surface area contributed by atoms with Crippen LogP contribution in [0.4, 0.5) is 5.69 Å². The average molecular weight is 601 g/mol. The first-order valence-electron chi connectivity index (χ1n) is 12.5. The highest BCUT2D eigenvalue weighted by atomic mass is 79.9. The van der Waals surface area contributed by atoms with Crippen LogP contribution in [0.25, 0.3) is 0 Å². The van der Waals surface area contributed by atoms with E-state index in [0.29, 0.717) is 23.1 Å². The van der Waals surface area contributed by atoms with Crippen LogP contribution in [0.2, 0.25) is 0 Å². The van der Waals surface area contributed by atoms with Crippen molar-refractivity contribution in [2.24, 2.45) is 0 Å². The second-order valence-electron chi connectivity index (χ2n) is 9.19. The third kappa shape index (κ3) is 8.16. The minimum Gasteiger partial charge on any atom is -0.354 e. The highest BCUT2D eigenvalue weighted by Gasteiger charge is 2.33. The SMILES string of the molecule is CCCNC(=O)[C@@H](Cc1ccccc1)N(Cc1ccccc1C)C(=O)CN(c1cccc(Br)c1)S(C)(=O)=O. The van der Waals surface area contributed by atoms with E-state index in [-0.39, 0.29) is 12.5 Å². The number of benzene rings is 3. The summed E-state index contributed by atoms with van der Waals surface area (Å²) in [6, 6.07) is 23.1. The lowest BCUT2D eigenvalue weighted by molar-refractivity contribution is -0.140. The molecule has 3 aromatic rings. The van der Waals surface area contributed by atoms with Gasteiger partial charge in [-0.2, -0.15) is 0 Å². The molecule has 2 amide bonds. The second-order valence-corrected chi connectivity index (χ2v) is 12.0. The second kappa shape index (κ2) is 13.6. The smallest absolute Gasteiger partial charge is 0.244 e. The lowest BCUT2D eigenvalue weighted by Gasteiger charge is -2.34. The summed E-state index contributed by atoms with van der Waals surface area (Å²) in [6.07, 6.45) is 2.12. The molecule has 0 heterocycles. The van der Waals surface area contributed by atoms with Gasteiger partial charge >= 0.3 is 0 Å². The van der Waals surface area contributed by atoms with Gasteiger partial charge in [-0.3, -0.25) is 13.9 Å². The summed E-state index contributed by atoms with van der Waals surface area (Å²) in [5.74, 6) is -0.739. The van der Waals surface area contributed by atoms with Crippen LogP contribution in [0, 0.1) is 6.92 Å². The Kier molecular flexibility index (Phi) is 10.5. The van der Waals surface area contributed by atoms with Gasteiger partial charge in [0.2, 0.25) is 21.8 Å². The third-order valence-electron chi connectivity index (χ3n) is 6.20. The van der Waals surface area contributed by atoms with Gasteiger partial charge in [0.25, 0.3) is 0 Å². The van der Waals surface area contributed by atoms with Crippen molar-refractivity contribution in [3.05, 3.63) is 100 Å². The first-order chi connectivity index (χ1) is 18.1. The maximum absolute atomic E-state index is 14.0. The molecule has 1 atom stereocenters. The lowest BCUT2D eigenvalue weighted by atomic mass is 10.0. The van der Waals surface area contributed by atoms with Gasteiger partial charge in [-0.25, -0.2) is 8.42 Å². The summed E-state index contributed by atoms with van der Waals surface area (Å²) in [7, 11) is -3.80. The van der Waals surface area contributed by atoms with E-state index in [9.17, 15) is 18.0 Å². The van der Waals surface area contributed by atoms with Gasteiger partial charge in [-0.1, -0.05) is 83.5 Å². The van der Waals surface area contributed by atoms with Crippen LogP contribution in [-0.4, -0.2) is 50.5 Å². The summed E-state index contributed by atoms with van der Waals surface area (Å²) < 4.78 is 27.4. The topological polar surface area (TPSA) is 86.8 Å². The van der Waals surface area contributed by atoms with Crippen molar-refractivity contribution < 1.29 is 18.0 Å². The number of hydrogen-bond donors (Lipinski definition) is 1. The molecule has 0 aromatic heterocycles. The van der Waals surface area contributed by atoms with Crippen LogP contribution in [0.1, 0.15) is 30.0 Å². The molecule has 3 rings (SSSR count). The number of carbonyl (C=O) groups is 2. The van der Waals surface area contributed by atoms with Crippen LogP contribution >= 0.6 is 15.9 Å². The highest BCUT2D eigenvalue weighted by Crippen LogP contribution is 2.24. The number of amides is 2. The number of nitrogens with zero attached hydrogens (tertiary/aromatic N) is 2. The maximum atomic E-state index is 14.0. The molecule has 0 aliphatic rings. The van der Waals surface area contributed by atoms with E-state index >= 15 is 0 Å². The Balaban J connectivity index is 2.05. The molecule has 202 valence electrons. The zero-order valence-corrected chi connectivity index (χ0v) is 24.3. The van der Waals surface area contributed by atoms with Gasteiger partial charge in [0.1, 0.15) is 12.6 Å². The average Bonchev–Trinajstić information content (AvgIpc) is 2.88. The zero-order valence-electron chi connectivity index (χ0n) is 21.9. The van der Waals surface area contributed by atoms with Crippen molar-refractivity contribution in [2.75, 3.05) is 23.7 Å². The van der Waals surface area contributed by atoms with Crippen LogP contribution in [0.15, 0.2) is 83.3 Å². The molecule has 1 N–H and O–H groups in total. The fraction of sp³-hybridized carbons (Fsp3) is 0.310. The van der Waals surface area contributed by atoms with Crippen LogP contribution in [0.5, 0.6) is 0 Å². The molecule has 0 spiro atoms. The Hall–Kier alpha value is -3.17. The number of aryl methyl sites for hydroxylation is 1. The Labute approximate surface area is 234 Å². The third-order valence-corrected chi connectivity index (χ3v) is 7.83. The van der Waals surface area contributed by atoms with Gasteiger partial charge in [0.05, 0.1) is 11.9 Å². The van der Waals surface area contributed by atoms with Crippen molar-refractivity contribution in [2.45, 2.75) is 39.3 Å². The van der Waals surface area contributed by atoms with Gasteiger partial charge in [-0.05, 0) is 48.2 Å². The predicted molar refractivity (Wildman–Crippen MR) is 155 cm³/mol. The monoisotopic (exact) mass is 599 g/mol. The molecule has 7 nitrogen and oxygen atoms in total. The van der Waals surface area contributed by atoms with Crippen molar-refractivity contribution in [3.63, 3.8) is 0 Å². The Morgan fingerprint density at radius 1 is 0.974 bits per heavy atom. The minimum atomic E-state index is -3.80. The van der Waals surface area contributed by atoms with E-state index in [0.717, 1.165) is 33.7 Å². The standard InChI is InChI=1S/C29H34BrN3O4S/c1-4-17-31-29(35)27(18-23-12-6-5-7-13-23)32(20-24-14-9-8-11-22(24)2)28(34)21-33(38(3,36)37)26-16-10-15-25(30)19-26/h5-16,19,27H,4,17-18,20-21H2,1-3H3,(H,31,35)/t27-/m1/s1. The predicted octanol–water partition coefficient (Wildman–Crippen LogP) is 4.69. The number of sulfonamides is 1. The van der Waals surface area contributed by atoms with Crippen LogP contribution in [0.3, 0.4) is 0 Å². The molecule has 0 aliphatic heterocycles. The quantitative estimate of drug-likeness (QED) is 0.327. The largest absolute Gasteiger partial charge is 0.354 e.